The van der Waals surface area contributed by atoms with Gasteiger partial charge in [-0.3, -0.25) is 9.59 Å². The van der Waals surface area contributed by atoms with Crippen molar-refractivity contribution in [3.05, 3.63) is 89.7 Å². The lowest BCUT2D eigenvalue weighted by atomic mass is 9.85. The predicted octanol–water partition coefficient (Wildman–Crippen LogP) is 3.05. The van der Waals surface area contributed by atoms with Crippen molar-refractivity contribution in [2.75, 3.05) is 0 Å². The highest BCUT2D eigenvalue weighted by Gasteiger charge is 2.31. The highest BCUT2D eigenvalue weighted by atomic mass is 79.9. The molecule has 0 radical (unpaired) electrons. The number of aryl methyl sites for hydroxylation is 2. The van der Waals surface area contributed by atoms with E-state index in [2.05, 4.69) is 15.9 Å². The number of aromatic hydroxyl groups is 2. The van der Waals surface area contributed by atoms with Gasteiger partial charge in [-0.25, -0.2) is 0 Å². The van der Waals surface area contributed by atoms with Crippen LogP contribution in [0.2, 0.25) is 0 Å². The molecule has 0 atom stereocenters. The van der Waals surface area contributed by atoms with Gasteiger partial charge in [-0.05, 0) is 37.6 Å². The molecule has 7 heteroatoms. The molecule has 0 unspecified atom stereocenters. The average Bonchev–Trinajstić information content (AvgIpc) is 2.64. The van der Waals surface area contributed by atoms with Crippen LogP contribution in [0.25, 0.3) is 0 Å². The molecule has 3 rings (SSSR count). The molecule has 3 aromatic rings. The summed E-state index contributed by atoms with van der Waals surface area (Å²) in [4.78, 5) is 26.2. The van der Waals surface area contributed by atoms with E-state index in [-0.39, 0.29) is 22.6 Å². The van der Waals surface area contributed by atoms with E-state index in [4.69, 9.17) is 0 Å². The average molecular weight is 445 g/mol. The number of aromatic nitrogens is 2. The van der Waals surface area contributed by atoms with Crippen molar-refractivity contribution in [1.82, 2.24) is 9.13 Å². The Morgan fingerprint density at radius 3 is 1.71 bits per heavy atom. The van der Waals surface area contributed by atoms with E-state index in [9.17, 15) is 19.8 Å². The van der Waals surface area contributed by atoms with Gasteiger partial charge in [0.1, 0.15) is 11.5 Å². The van der Waals surface area contributed by atoms with E-state index in [0.29, 0.717) is 21.4 Å². The first kappa shape index (κ1) is 19.9. The Labute approximate surface area is 170 Å². The van der Waals surface area contributed by atoms with Crippen LogP contribution in [-0.2, 0) is 14.1 Å². The van der Waals surface area contributed by atoms with Gasteiger partial charge in [-0.15, -0.1) is 0 Å². The molecule has 0 aliphatic carbocycles. The topological polar surface area (TPSA) is 84.5 Å². The predicted molar refractivity (Wildman–Crippen MR) is 111 cm³/mol. The molecule has 0 saturated carbocycles. The molecule has 2 N–H and O–H groups in total. The normalized spacial score (nSPS) is 11.2. The molecule has 0 spiro atoms. The van der Waals surface area contributed by atoms with Gasteiger partial charge in [-0.1, -0.05) is 34.1 Å². The van der Waals surface area contributed by atoms with Crippen molar-refractivity contribution in [3.63, 3.8) is 0 Å². The second-order valence-electron chi connectivity index (χ2n) is 6.85. The quantitative estimate of drug-likeness (QED) is 0.649. The molecule has 2 heterocycles. The third-order valence-electron chi connectivity index (χ3n) is 5.16. The smallest absolute Gasteiger partial charge is 0.258 e. The first-order valence-corrected chi connectivity index (χ1v) is 9.47. The van der Waals surface area contributed by atoms with Crippen molar-refractivity contribution < 1.29 is 10.2 Å². The standard InChI is InChI=1S/C21H21BrN2O4/c1-11-9-15(25)18(20(27)23(11)3)17(13-7-5-6-8-14(13)22)19-16(26)10-12(2)24(4)21(19)28/h5-10,17,25-26H,1-4H3. The summed E-state index contributed by atoms with van der Waals surface area (Å²) < 4.78 is 3.48. The van der Waals surface area contributed by atoms with Gasteiger partial charge < -0.3 is 19.3 Å². The van der Waals surface area contributed by atoms with Gasteiger partial charge >= 0.3 is 0 Å². The number of pyridine rings is 2. The van der Waals surface area contributed by atoms with Crippen LogP contribution in [0.15, 0.2) is 50.5 Å². The highest BCUT2D eigenvalue weighted by Crippen LogP contribution is 2.40. The third kappa shape index (κ3) is 3.16. The van der Waals surface area contributed by atoms with Crippen molar-refractivity contribution >= 4 is 15.9 Å². The molecular weight excluding hydrogens is 424 g/mol. The summed E-state index contributed by atoms with van der Waals surface area (Å²) in [5.41, 5.74) is 0.972. The maximum atomic E-state index is 13.1. The zero-order valence-electron chi connectivity index (χ0n) is 16.0. The van der Waals surface area contributed by atoms with Gasteiger partial charge in [-0.2, -0.15) is 0 Å². The zero-order chi connectivity index (χ0) is 20.7. The van der Waals surface area contributed by atoms with Crippen molar-refractivity contribution in [1.29, 1.82) is 0 Å². The molecule has 0 fully saturated rings. The zero-order valence-corrected chi connectivity index (χ0v) is 17.6. The number of halogens is 1. The lowest BCUT2D eigenvalue weighted by molar-refractivity contribution is 0.451. The Morgan fingerprint density at radius 2 is 1.29 bits per heavy atom. The molecule has 1 aromatic carbocycles. The molecule has 28 heavy (non-hydrogen) atoms. The van der Waals surface area contributed by atoms with E-state index in [1.54, 1.807) is 46.1 Å². The Kier molecular flexibility index (Phi) is 5.21. The van der Waals surface area contributed by atoms with E-state index in [1.807, 2.05) is 6.07 Å². The van der Waals surface area contributed by atoms with Crippen LogP contribution in [0.1, 0.15) is 34.0 Å². The van der Waals surface area contributed by atoms with E-state index >= 15 is 0 Å². The van der Waals surface area contributed by atoms with E-state index < -0.39 is 17.0 Å². The lowest BCUT2D eigenvalue weighted by Gasteiger charge is -2.23. The van der Waals surface area contributed by atoms with Crippen molar-refractivity contribution in [3.8, 4) is 11.5 Å². The summed E-state index contributed by atoms with van der Waals surface area (Å²) in [5.74, 6) is -1.39. The minimum Gasteiger partial charge on any atom is -0.507 e. The lowest BCUT2D eigenvalue weighted by Crippen LogP contribution is -2.31. The van der Waals surface area contributed by atoms with E-state index in [1.165, 1.54) is 21.3 Å². The number of benzene rings is 1. The summed E-state index contributed by atoms with van der Waals surface area (Å²) in [7, 11) is 3.20. The van der Waals surface area contributed by atoms with E-state index in [0.717, 1.165) is 0 Å². The summed E-state index contributed by atoms with van der Waals surface area (Å²) in [6, 6.07) is 10.1. The van der Waals surface area contributed by atoms with Crippen LogP contribution < -0.4 is 11.1 Å². The molecular formula is C21H21BrN2O4. The number of nitrogens with zero attached hydrogens (tertiary/aromatic N) is 2. The molecule has 0 bridgehead atoms. The second kappa shape index (κ2) is 7.31. The summed E-state index contributed by atoms with van der Waals surface area (Å²) in [5, 5.41) is 21.3. The van der Waals surface area contributed by atoms with Crippen LogP contribution in [0.4, 0.5) is 0 Å². The monoisotopic (exact) mass is 444 g/mol. The molecule has 6 nitrogen and oxygen atoms in total. The number of rotatable bonds is 3. The minimum atomic E-state index is -0.950. The Morgan fingerprint density at radius 1 is 0.857 bits per heavy atom. The maximum absolute atomic E-state index is 13.1. The van der Waals surface area contributed by atoms with Crippen LogP contribution in [-0.4, -0.2) is 19.3 Å². The Hall–Kier alpha value is -2.80. The number of hydrogen-bond acceptors (Lipinski definition) is 4. The molecule has 146 valence electrons. The molecule has 0 saturated heterocycles. The first-order valence-electron chi connectivity index (χ1n) is 8.68. The summed E-state index contributed by atoms with van der Waals surface area (Å²) in [6.07, 6.45) is 0. The first-order chi connectivity index (χ1) is 13.1. The van der Waals surface area contributed by atoms with Crippen molar-refractivity contribution in [2.45, 2.75) is 19.8 Å². The van der Waals surface area contributed by atoms with Crippen LogP contribution >= 0.6 is 15.9 Å². The Balaban J connectivity index is 2.50. The van der Waals surface area contributed by atoms with Crippen molar-refractivity contribution in [2.24, 2.45) is 14.1 Å². The van der Waals surface area contributed by atoms with Crippen LogP contribution in [0.5, 0.6) is 11.5 Å². The molecule has 0 amide bonds. The summed E-state index contributed by atoms with van der Waals surface area (Å²) >= 11 is 3.47. The largest absolute Gasteiger partial charge is 0.507 e. The summed E-state index contributed by atoms with van der Waals surface area (Å²) in [6.45, 7) is 3.42. The van der Waals surface area contributed by atoms with Gasteiger partial charge in [0.2, 0.25) is 0 Å². The Bertz CT molecular complexity index is 1120. The van der Waals surface area contributed by atoms with Gasteiger partial charge in [0, 0.05) is 30.0 Å². The second-order valence-corrected chi connectivity index (χ2v) is 7.71. The highest BCUT2D eigenvalue weighted by molar-refractivity contribution is 9.10. The molecule has 0 aliphatic rings. The maximum Gasteiger partial charge on any atom is 0.258 e. The number of hydrogen-bond donors (Lipinski definition) is 2. The minimum absolute atomic E-state index is 0.0382. The van der Waals surface area contributed by atoms with Gasteiger partial charge in [0.05, 0.1) is 17.0 Å². The van der Waals surface area contributed by atoms with Crippen LogP contribution in [0.3, 0.4) is 0 Å². The van der Waals surface area contributed by atoms with Crippen LogP contribution in [0, 0.1) is 13.8 Å². The fourth-order valence-electron chi connectivity index (χ4n) is 3.35. The molecule has 2 aromatic heterocycles. The van der Waals surface area contributed by atoms with Gasteiger partial charge in [0.15, 0.2) is 0 Å². The fraction of sp³-hybridized carbons (Fsp3) is 0.238. The fourth-order valence-corrected chi connectivity index (χ4v) is 3.87. The molecule has 0 aliphatic heterocycles. The SMILES string of the molecule is Cc1cc(O)c(C(c2ccccc2Br)c2c(O)cc(C)n(C)c2=O)c(=O)n1C. The third-order valence-corrected chi connectivity index (χ3v) is 5.89. The van der Waals surface area contributed by atoms with Gasteiger partial charge in [0.25, 0.3) is 11.1 Å².